The van der Waals surface area contributed by atoms with Crippen LogP contribution in [0.15, 0.2) is 24.3 Å². The molecule has 0 fully saturated rings. The zero-order valence-corrected chi connectivity index (χ0v) is 11.7. The first-order valence-electron chi connectivity index (χ1n) is 6.31. The Labute approximate surface area is 121 Å². The highest BCUT2D eigenvalue weighted by atomic mass is 19.4. The smallest absolute Gasteiger partial charge is 0.325 e. The van der Waals surface area contributed by atoms with Crippen LogP contribution in [0.25, 0.3) is 0 Å². The van der Waals surface area contributed by atoms with E-state index in [9.17, 15) is 18.0 Å². The Hall–Kier alpha value is -2.07. The van der Waals surface area contributed by atoms with Gasteiger partial charge in [0.15, 0.2) is 0 Å². The van der Waals surface area contributed by atoms with Crippen LogP contribution in [0.5, 0.6) is 0 Å². The molecule has 7 heteroatoms. The molecule has 4 nitrogen and oxygen atoms in total. The second kappa shape index (κ2) is 7.09. The number of nitriles is 1. The molecule has 0 radical (unpaired) electrons. The van der Waals surface area contributed by atoms with Gasteiger partial charge in [-0.15, -0.1) is 0 Å². The number of nitrogens with one attached hydrogen (secondary N) is 1. The third-order valence-corrected chi connectivity index (χ3v) is 3.05. The summed E-state index contributed by atoms with van der Waals surface area (Å²) in [4.78, 5) is 13.3. The zero-order chi connectivity index (χ0) is 16.0. The molecule has 1 aromatic carbocycles. The van der Waals surface area contributed by atoms with Gasteiger partial charge in [-0.2, -0.15) is 18.4 Å². The number of carbonyl (C=O) groups is 1. The summed E-state index contributed by atoms with van der Waals surface area (Å²) >= 11 is 0. The predicted octanol–water partition coefficient (Wildman–Crippen LogP) is 2.77. The van der Waals surface area contributed by atoms with E-state index in [2.05, 4.69) is 5.32 Å². The summed E-state index contributed by atoms with van der Waals surface area (Å²) in [6.45, 7) is 1.27. The fraction of sp³-hybridized carbons (Fsp3) is 0.429. The third-order valence-electron chi connectivity index (χ3n) is 3.05. The second-order valence-electron chi connectivity index (χ2n) is 4.70. The molecule has 1 rings (SSSR count). The molecule has 114 valence electrons. The van der Waals surface area contributed by atoms with Gasteiger partial charge in [0, 0.05) is 12.2 Å². The fourth-order valence-corrected chi connectivity index (χ4v) is 1.61. The average Bonchev–Trinajstić information content (AvgIpc) is 2.43. The van der Waals surface area contributed by atoms with Gasteiger partial charge in [-0.3, -0.25) is 9.69 Å². The lowest BCUT2D eigenvalue weighted by molar-refractivity contribution is -0.140. The van der Waals surface area contributed by atoms with Crippen LogP contribution in [0.4, 0.5) is 18.9 Å². The standard InChI is InChI=1S/C14H16F3N3O/c1-10(20(2)7-6-14(15,16)17)13(21)19-12-5-3-4-11(8-12)9-18/h3-5,8,10H,6-7H2,1-2H3,(H,19,21). The van der Waals surface area contributed by atoms with Gasteiger partial charge in [0.1, 0.15) is 0 Å². The van der Waals surface area contributed by atoms with E-state index >= 15 is 0 Å². The van der Waals surface area contributed by atoms with Crippen LogP contribution in [0.3, 0.4) is 0 Å². The van der Waals surface area contributed by atoms with Gasteiger partial charge in [-0.25, -0.2) is 0 Å². The van der Waals surface area contributed by atoms with Crippen molar-refractivity contribution in [3.8, 4) is 6.07 Å². The maximum absolute atomic E-state index is 12.2. The van der Waals surface area contributed by atoms with Crippen LogP contribution in [-0.4, -0.2) is 36.6 Å². The highest BCUT2D eigenvalue weighted by Gasteiger charge is 2.29. The molecule has 0 heterocycles. The lowest BCUT2D eigenvalue weighted by Gasteiger charge is -2.24. The summed E-state index contributed by atoms with van der Waals surface area (Å²) in [6, 6.07) is 7.55. The molecule has 1 N–H and O–H groups in total. The van der Waals surface area contributed by atoms with E-state index in [1.54, 1.807) is 18.2 Å². The van der Waals surface area contributed by atoms with Gasteiger partial charge in [0.2, 0.25) is 5.91 Å². The molecular formula is C14H16F3N3O. The van der Waals surface area contributed by atoms with E-state index in [0.717, 1.165) is 0 Å². The molecule has 0 saturated heterocycles. The first-order chi connectivity index (χ1) is 9.73. The lowest BCUT2D eigenvalue weighted by atomic mass is 10.2. The van der Waals surface area contributed by atoms with E-state index in [-0.39, 0.29) is 6.54 Å². The predicted molar refractivity (Wildman–Crippen MR) is 72.6 cm³/mol. The Morgan fingerprint density at radius 1 is 1.48 bits per heavy atom. The number of likely N-dealkylation sites (N-methyl/N-ethyl adjacent to an activating group) is 1. The molecule has 1 unspecified atom stereocenters. The molecule has 1 amide bonds. The normalized spacial score (nSPS) is 12.8. The van der Waals surface area contributed by atoms with E-state index in [4.69, 9.17) is 5.26 Å². The topological polar surface area (TPSA) is 56.1 Å². The number of carbonyl (C=O) groups excluding carboxylic acids is 1. The summed E-state index contributed by atoms with van der Waals surface area (Å²) in [5.41, 5.74) is 0.834. The number of hydrogen-bond donors (Lipinski definition) is 1. The maximum atomic E-state index is 12.2. The van der Waals surface area contributed by atoms with Crippen molar-refractivity contribution in [1.82, 2.24) is 4.90 Å². The monoisotopic (exact) mass is 299 g/mol. The Balaban J connectivity index is 2.59. The summed E-state index contributed by atoms with van der Waals surface area (Å²) in [6.07, 6.45) is -5.21. The van der Waals surface area contributed by atoms with Crippen molar-refractivity contribution in [1.29, 1.82) is 5.26 Å². The number of hydrogen-bond acceptors (Lipinski definition) is 3. The lowest BCUT2D eigenvalue weighted by Crippen LogP contribution is -2.41. The molecular weight excluding hydrogens is 283 g/mol. The Kier molecular flexibility index (Phi) is 5.73. The van der Waals surface area contributed by atoms with Crippen molar-refractivity contribution in [3.05, 3.63) is 29.8 Å². The number of alkyl halides is 3. The SMILES string of the molecule is CC(C(=O)Nc1cccc(C#N)c1)N(C)CCC(F)(F)F. The van der Waals surface area contributed by atoms with E-state index in [1.165, 1.54) is 24.9 Å². The molecule has 1 aromatic rings. The van der Waals surface area contributed by atoms with Crippen LogP contribution in [0.2, 0.25) is 0 Å². The number of amides is 1. The maximum Gasteiger partial charge on any atom is 0.390 e. The summed E-state index contributed by atoms with van der Waals surface area (Å²) in [5.74, 6) is -0.422. The summed E-state index contributed by atoms with van der Waals surface area (Å²) in [5, 5.41) is 11.3. The fourth-order valence-electron chi connectivity index (χ4n) is 1.61. The van der Waals surface area contributed by atoms with Gasteiger partial charge in [0.05, 0.1) is 24.1 Å². The molecule has 0 aliphatic carbocycles. The van der Waals surface area contributed by atoms with Crippen LogP contribution in [-0.2, 0) is 4.79 Å². The molecule has 21 heavy (non-hydrogen) atoms. The quantitative estimate of drug-likeness (QED) is 0.909. The van der Waals surface area contributed by atoms with Gasteiger partial charge < -0.3 is 5.32 Å². The molecule has 0 bridgehead atoms. The van der Waals surface area contributed by atoms with Crippen molar-refractivity contribution in [2.45, 2.75) is 25.6 Å². The average molecular weight is 299 g/mol. The van der Waals surface area contributed by atoms with Gasteiger partial charge in [-0.05, 0) is 32.2 Å². The van der Waals surface area contributed by atoms with E-state index in [1.807, 2.05) is 6.07 Å². The first-order valence-corrected chi connectivity index (χ1v) is 6.31. The summed E-state index contributed by atoms with van der Waals surface area (Å²) in [7, 11) is 1.46. The van der Waals surface area contributed by atoms with Crippen molar-refractivity contribution in [2.75, 3.05) is 18.9 Å². The van der Waals surface area contributed by atoms with Crippen molar-refractivity contribution in [3.63, 3.8) is 0 Å². The van der Waals surface area contributed by atoms with Crippen molar-refractivity contribution < 1.29 is 18.0 Å². The Bertz CT molecular complexity index is 537. The van der Waals surface area contributed by atoms with Gasteiger partial charge in [-0.1, -0.05) is 6.07 Å². The van der Waals surface area contributed by atoms with E-state index in [0.29, 0.717) is 11.3 Å². The largest absolute Gasteiger partial charge is 0.390 e. The number of nitrogens with zero attached hydrogens (tertiary/aromatic N) is 2. The second-order valence-corrected chi connectivity index (χ2v) is 4.70. The van der Waals surface area contributed by atoms with Crippen molar-refractivity contribution >= 4 is 11.6 Å². The number of halogens is 3. The number of anilines is 1. The van der Waals surface area contributed by atoms with E-state index < -0.39 is 24.5 Å². The highest BCUT2D eigenvalue weighted by molar-refractivity contribution is 5.94. The van der Waals surface area contributed by atoms with Gasteiger partial charge >= 0.3 is 6.18 Å². The van der Waals surface area contributed by atoms with Crippen LogP contribution >= 0.6 is 0 Å². The molecule has 0 aliphatic rings. The molecule has 0 spiro atoms. The number of rotatable bonds is 5. The van der Waals surface area contributed by atoms with Gasteiger partial charge in [0.25, 0.3) is 0 Å². The minimum atomic E-state index is -4.24. The highest BCUT2D eigenvalue weighted by Crippen LogP contribution is 2.20. The van der Waals surface area contributed by atoms with Crippen LogP contribution in [0, 0.1) is 11.3 Å². The molecule has 1 atom stereocenters. The van der Waals surface area contributed by atoms with Crippen LogP contribution in [0.1, 0.15) is 18.9 Å². The van der Waals surface area contributed by atoms with Crippen molar-refractivity contribution in [2.24, 2.45) is 0 Å². The molecule has 0 aromatic heterocycles. The Morgan fingerprint density at radius 2 is 2.14 bits per heavy atom. The minimum absolute atomic E-state index is 0.254. The Morgan fingerprint density at radius 3 is 2.71 bits per heavy atom. The molecule has 0 saturated carbocycles. The summed E-state index contributed by atoms with van der Waals surface area (Å²) < 4.78 is 36.5. The zero-order valence-electron chi connectivity index (χ0n) is 11.7. The molecule has 0 aliphatic heterocycles. The van der Waals surface area contributed by atoms with Crippen LogP contribution < -0.4 is 5.32 Å². The first kappa shape index (κ1) is 17.0. The number of benzene rings is 1. The third kappa shape index (κ3) is 5.83. The minimum Gasteiger partial charge on any atom is -0.325 e.